The van der Waals surface area contributed by atoms with Gasteiger partial charge in [-0.25, -0.2) is 4.98 Å². The summed E-state index contributed by atoms with van der Waals surface area (Å²) in [6, 6.07) is 10.7. The van der Waals surface area contributed by atoms with E-state index in [2.05, 4.69) is 20.5 Å². The van der Waals surface area contributed by atoms with Gasteiger partial charge >= 0.3 is 0 Å². The van der Waals surface area contributed by atoms with Crippen molar-refractivity contribution in [2.45, 2.75) is 25.8 Å². The van der Waals surface area contributed by atoms with E-state index in [1.165, 1.54) is 0 Å². The molecule has 0 unspecified atom stereocenters. The first-order valence-electron chi connectivity index (χ1n) is 8.98. The molecule has 2 amide bonds. The molecule has 2 aromatic carbocycles. The third kappa shape index (κ3) is 2.63. The minimum Gasteiger partial charge on any atom is -0.441 e. The van der Waals surface area contributed by atoms with E-state index < -0.39 is 0 Å². The van der Waals surface area contributed by atoms with Crippen molar-refractivity contribution in [1.29, 1.82) is 0 Å². The summed E-state index contributed by atoms with van der Waals surface area (Å²) in [5.74, 6) is 0.346. The lowest BCUT2D eigenvalue weighted by Crippen LogP contribution is -2.43. The van der Waals surface area contributed by atoms with Crippen LogP contribution in [-0.2, 0) is 4.79 Å². The second-order valence-corrected chi connectivity index (χ2v) is 6.94. The molecule has 0 bridgehead atoms. The molecule has 1 atom stereocenters. The smallest absolute Gasteiger partial charge is 0.255 e. The normalized spacial score (nSPS) is 18.2. The number of aryl methyl sites for hydroxylation is 1. The maximum atomic E-state index is 12.7. The Morgan fingerprint density at radius 3 is 3.07 bits per heavy atom. The first-order chi connectivity index (χ1) is 13.1. The number of anilines is 3. The minimum atomic E-state index is -0.241. The lowest BCUT2D eigenvalue weighted by Gasteiger charge is -2.33. The largest absolute Gasteiger partial charge is 0.441 e. The van der Waals surface area contributed by atoms with E-state index in [0.717, 1.165) is 25.1 Å². The molecule has 0 spiro atoms. The third-order valence-electron chi connectivity index (χ3n) is 5.13. The molecule has 27 heavy (non-hydrogen) atoms. The summed E-state index contributed by atoms with van der Waals surface area (Å²) in [4.78, 5) is 31.3. The summed E-state index contributed by atoms with van der Waals surface area (Å²) in [6.07, 6.45) is 1.88. The zero-order valence-electron chi connectivity index (χ0n) is 14.8. The highest BCUT2D eigenvalue weighted by molar-refractivity contribution is 6.09. The molecular weight excluding hydrogens is 344 g/mol. The zero-order valence-corrected chi connectivity index (χ0v) is 14.8. The van der Waals surface area contributed by atoms with Crippen molar-refractivity contribution in [1.82, 2.24) is 4.98 Å². The van der Waals surface area contributed by atoms with Crippen LogP contribution in [0.5, 0.6) is 0 Å². The van der Waals surface area contributed by atoms with Crippen LogP contribution < -0.4 is 15.5 Å². The standard InChI is InChI=1S/C20H18N4O3/c1-11-21-15-10-13(5-7-18(15)27-11)22-19(25)12-4-6-16-14(9-12)23-20(26)17-3-2-8-24(16)17/h4-7,9-10,17H,2-3,8H2,1H3,(H,22,25)(H,23,26)/t17-/m0/s1. The highest BCUT2D eigenvalue weighted by atomic mass is 16.3. The third-order valence-corrected chi connectivity index (χ3v) is 5.13. The van der Waals surface area contributed by atoms with Gasteiger partial charge in [0.05, 0.1) is 11.4 Å². The van der Waals surface area contributed by atoms with E-state index in [9.17, 15) is 9.59 Å². The molecule has 1 fully saturated rings. The van der Waals surface area contributed by atoms with Gasteiger partial charge in [-0.1, -0.05) is 0 Å². The summed E-state index contributed by atoms with van der Waals surface area (Å²) in [5, 5.41) is 5.81. The van der Waals surface area contributed by atoms with Gasteiger partial charge in [0.1, 0.15) is 11.6 Å². The van der Waals surface area contributed by atoms with Crippen molar-refractivity contribution >= 4 is 40.0 Å². The predicted molar refractivity (Wildman–Crippen MR) is 102 cm³/mol. The molecule has 7 heteroatoms. The van der Waals surface area contributed by atoms with Crippen molar-refractivity contribution in [2.24, 2.45) is 0 Å². The Bertz CT molecular complexity index is 1090. The molecule has 0 radical (unpaired) electrons. The molecule has 1 aromatic heterocycles. The van der Waals surface area contributed by atoms with Crippen molar-refractivity contribution in [2.75, 3.05) is 22.1 Å². The fourth-order valence-corrected chi connectivity index (χ4v) is 3.90. The van der Waals surface area contributed by atoms with Crippen LogP contribution in [0.1, 0.15) is 29.1 Å². The van der Waals surface area contributed by atoms with Gasteiger partial charge < -0.3 is 20.0 Å². The first-order valence-corrected chi connectivity index (χ1v) is 8.98. The number of carbonyl (C=O) groups is 2. The number of benzene rings is 2. The number of rotatable bonds is 2. The maximum Gasteiger partial charge on any atom is 0.255 e. The van der Waals surface area contributed by atoms with Crippen LogP contribution in [0.2, 0.25) is 0 Å². The Kier molecular flexibility index (Phi) is 3.43. The molecule has 7 nitrogen and oxygen atoms in total. The quantitative estimate of drug-likeness (QED) is 0.730. The van der Waals surface area contributed by atoms with Crippen molar-refractivity contribution in [3.8, 4) is 0 Å². The van der Waals surface area contributed by atoms with E-state index >= 15 is 0 Å². The molecule has 2 aliphatic heterocycles. The number of carbonyl (C=O) groups excluding carboxylic acids is 2. The topological polar surface area (TPSA) is 87.5 Å². The highest BCUT2D eigenvalue weighted by Crippen LogP contribution is 2.37. The number of fused-ring (bicyclic) bond motifs is 4. The highest BCUT2D eigenvalue weighted by Gasteiger charge is 2.36. The number of oxazole rings is 1. The van der Waals surface area contributed by atoms with Gasteiger partial charge in [-0.05, 0) is 49.2 Å². The fourth-order valence-electron chi connectivity index (χ4n) is 3.90. The van der Waals surface area contributed by atoms with Crippen LogP contribution in [-0.4, -0.2) is 29.4 Å². The van der Waals surface area contributed by atoms with Crippen LogP contribution in [0.25, 0.3) is 11.1 Å². The number of hydrogen-bond donors (Lipinski definition) is 2. The van der Waals surface area contributed by atoms with Crippen LogP contribution in [0, 0.1) is 6.92 Å². The van der Waals surface area contributed by atoms with E-state index in [-0.39, 0.29) is 17.9 Å². The lowest BCUT2D eigenvalue weighted by molar-refractivity contribution is -0.117. The molecule has 5 rings (SSSR count). The zero-order chi connectivity index (χ0) is 18.5. The summed E-state index contributed by atoms with van der Waals surface area (Å²) in [6.45, 7) is 2.65. The molecule has 136 valence electrons. The van der Waals surface area contributed by atoms with Crippen LogP contribution in [0.15, 0.2) is 40.8 Å². The van der Waals surface area contributed by atoms with E-state index in [0.29, 0.717) is 33.9 Å². The number of nitrogens with zero attached hydrogens (tertiary/aromatic N) is 2. The monoisotopic (exact) mass is 362 g/mol. The summed E-state index contributed by atoms with van der Waals surface area (Å²) in [5.41, 5.74) is 4.18. The van der Waals surface area contributed by atoms with Gasteiger partial charge in [0, 0.05) is 24.7 Å². The minimum absolute atomic E-state index is 0.00408. The average Bonchev–Trinajstić information content (AvgIpc) is 3.27. The number of nitrogens with one attached hydrogen (secondary N) is 2. The molecular formula is C20H18N4O3. The van der Waals surface area contributed by atoms with E-state index in [1.807, 2.05) is 6.07 Å². The van der Waals surface area contributed by atoms with Gasteiger partial charge in [0.25, 0.3) is 5.91 Å². The molecule has 0 aliphatic carbocycles. The Balaban J connectivity index is 1.41. The Morgan fingerprint density at radius 1 is 1.30 bits per heavy atom. The predicted octanol–water partition coefficient (Wildman–Crippen LogP) is 3.31. The van der Waals surface area contributed by atoms with Crippen LogP contribution >= 0.6 is 0 Å². The Hall–Kier alpha value is -3.35. The number of amides is 2. The fraction of sp³-hybridized carbons (Fsp3) is 0.250. The second kappa shape index (κ2) is 5.84. The van der Waals surface area contributed by atoms with E-state index in [4.69, 9.17) is 4.42 Å². The Morgan fingerprint density at radius 2 is 2.19 bits per heavy atom. The van der Waals surface area contributed by atoms with Crippen LogP contribution in [0.4, 0.5) is 17.1 Å². The molecule has 1 saturated heterocycles. The molecule has 0 saturated carbocycles. The van der Waals surface area contributed by atoms with Gasteiger partial charge in [-0.15, -0.1) is 0 Å². The molecule has 2 N–H and O–H groups in total. The number of aromatic nitrogens is 1. The molecule has 2 aliphatic rings. The number of hydrogen-bond acceptors (Lipinski definition) is 5. The van der Waals surface area contributed by atoms with Crippen molar-refractivity contribution < 1.29 is 14.0 Å². The van der Waals surface area contributed by atoms with Crippen molar-refractivity contribution in [3.63, 3.8) is 0 Å². The van der Waals surface area contributed by atoms with E-state index in [1.54, 1.807) is 37.3 Å². The van der Waals surface area contributed by atoms with Gasteiger partial charge in [-0.2, -0.15) is 0 Å². The first kappa shape index (κ1) is 15.9. The molecule has 3 aromatic rings. The lowest BCUT2D eigenvalue weighted by atomic mass is 10.1. The second-order valence-electron chi connectivity index (χ2n) is 6.94. The molecule has 3 heterocycles. The van der Waals surface area contributed by atoms with Gasteiger partial charge in [0.15, 0.2) is 11.5 Å². The maximum absolute atomic E-state index is 12.7. The van der Waals surface area contributed by atoms with Gasteiger partial charge in [0.2, 0.25) is 5.91 Å². The van der Waals surface area contributed by atoms with Crippen molar-refractivity contribution in [3.05, 3.63) is 47.9 Å². The average molecular weight is 362 g/mol. The van der Waals surface area contributed by atoms with Crippen LogP contribution in [0.3, 0.4) is 0 Å². The van der Waals surface area contributed by atoms with Gasteiger partial charge in [-0.3, -0.25) is 9.59 Å². The summed E-state index contributed by atoms with van der Waals surface area (Å²) >= 11 is 0. The summed E-state index contributed by atoms with van der Waals surface area (Å²) in [7, 11) is 0. The Labute approximate surface area is 155 Å². The summed E-state index contributed by atoms with van der Waals surface area (Å²) < 4.78 is 5.45. The SMILES string of the molecule is Cc1nc2cc(NC(=O)c3ccc4c(c3)NC(=O)[C@@H]3CCCN43)ccc2o1.